The Labute approximate surface area is 133 Å². The van der Waals surface area contributed by atoms with Gasteiger partial charge in [0.2, 0.25) is 0 Å². The molecule has 0 saturated carbocycles. The molecule has 0 bridgehead atoms. The predicted molar refractivity (Wildman–Crippen MR) is 83.9 cm³/mol. The molecule has 0 aliphatic carbocycles. The van der Waals surface area contributed by atoms with Gasteiger partial charge in [0.15, 0.2) is 5.41 Å². The Morgan fingerprint density at radius 1 is 1.14 bits per heavy atom. The maximum absolute atomic E-state index is 12.5. The summed E-state index contributed by atoms with van der Waals surface area (Å²) in [5.74, 6) is -1.24. The maximum atomic E-state index is 12.5. The van der Waals surface area contributed by atoms with Crippen molar-refractivity contribution >= 4 is 27.9 Å². The van der Waals surface area contributed by atoms with Gasteiger partial charge in [-0.15, -0.1) is 6.58 Å². The summed E-state index contributed by atoms with van der Waals surface area (Å²) < 4.78 is 11.1. The minimum absolute atomic E-state index is 0.117. The third-order valence-electron chi connectivity index (χ3n) is 3.04. The number of rotatable bonds is 7. The van der Waals surface area contributed by atoms with E-state index in [9.17, 15) is 9.59 Å². The molecule has 0 fully saturated rings. The predicted octanol–water partition coefficient (Wildman–Crippen LogP) is 3.39. The van der Waals surface area contributed by atoms with Gasteiger partial charge in [0.25, 0.3) is 0 Å². The zero-order valence-electron chi connectivity index (χ0n) is 12.2. The van der Waals surface area contributed by atoms with Crippen LogP contribution in [0.2, 0.25) is 0 Å². The molecule has 0 amide bonds. The van der Waals surface area contributed by atoms with Crippen molar-refractivity contribution in [1.29, 1.82) is 0 Å². The largest absolute Gasteiger partial charge is 0.465 e. The molecule has 0 aliphatic rings. The van der Waals surface area contributed by atoms with Crippen LogP contribution in [0.25, 0.3) is 0 Å². The minimum atomic E-state index is -1.51. The number of halogens is 1. The second-order valence-corrected chi connectivity index (χ2v) is 5.26. The van der Waals surface area contributed by atoms with E-state index in [-0.39, 0.29) is 19.6 Å². The van der Waals surface area contributed by atoms with Crippen molar-refractivity contribution in [3.8, 4) is 0 Å². The molecule has 4 nitrogen and oxygen atoms in total. The normalized spacial score (nSPS) is 10.8. The van der Waals surface area contributed by atoms with Gasteiger partial charge in [-0.2, -0.15) is 0 Å². The van der Waals surface area contributed by atoms with Crippen LogP contribution in [0, 0.1) is 0 Å². The standard InChI is InChI=1S/C16H19BrO4/c1-4-11-16(14(18)20-5-2,15(19)21-6-3)12-7-9-13(17)10-8-12/h4,7-10H,1,5-6,11H2,2-3H3. The zero-order valence-corrected chi connectivity index (χ0v) is 13.8. The molecule has 1 rings (SSSR count). The highest BCUT2D eigenvalue weighted by Gasteiger charge is 2.49. The maximum Gasteiger partial charge on any atom is 0.328 e. The van der Waals surface area contributed by atoms with E-state index in [1.165, 1.54) is 6.08 Å². The third kappa shape index (κ3) is 3.73. The summed E-state index contributed by atoms with van der Waals surface area (Å²) in [7, 11) is 0. The van der Waals surface area contributed by atoms with Gasteiger partial charge in [-0.05, 0) is 38.0 Å². The topological polar surface area (TPSA) is 52.6 Å². The zero-order chi connectivity index (χ0) is 15.9. The number of carbonyl (C=O) groups is 2. The fourth-order valence-corrected chi connectivity index (χ4v) is 2.33. The second kappa shape index (κ2) is 7.98. The number of ether oxygens (including phenoxy) is 2. The molecule has 0 unspecified atom stereocenters. The molecule has 0 spiro atoms. The van der Waals surface area contributed by atoms with E-state index in [4.69, 9.17) is 9.47 Å². The first kappa shape index (κ1) is 17.4. The molecule has 0 radical (unpaired) electrons. The van der Waals surface area contributed by atoms with Gasteiger partial charge < -0.3 is 9.47 Å². The van der Waals surface area contributed by atoms with Crippen LogP contribution in [-0.4, -0.2) is 25.2 Å². The van der Waals surface area contributed by atoms with Gasteiger partial charge in [-0.1, -0.05) is 34.1 Å². The van der Waals surface area contributed by atoms with Crippen molar-refractivity contribution in [2.45, 2.75) is 25.7 Å². The summed E-state index contributed by atoms with van der Waals surface area (Å²) in [5, 5.41) is 0. The van der Waals surface area contributed by atoms with Gasteiger partial charge in [0.05, 0.1) is 13.2 Å². The molecule has 0 atom stereocenters. The molecule has 0 aromatic heterocycles. The summed E-state index contributed by atoms with van der Waals surface area (Å²) in [6.45, 7) is 7.42. The van der Waals surface area contributed by atoms with Crippen LogP contribution >= 0.6 is 15.9 Å². The van der Waals surface area contributed by atoms with Crippen LogP contribution in [0.1, 0.15) is 25.8 Å². The Balaban J connectivity index is 3.41. The molecular weight excluding hydrogens is 336 g/mol. The van der Waals surface area contributed by atoms with Crippen molar-refractivity contribution in [3.05, 3.63) is 47.0 Å². The summed E-state index contributed by atoms with van der Waals surface area (Å²) in [6, 6.07) is 6.96. The quantitative estimate of drug-likeness (QED) is 0.427. The fraction of sp³-hybridized carbons (Fsp3) is 0.375. The Morgan fingerprint density at radius 2 is 1.62 bits per heavy atom. The Hall–Kier alpha value is -1.62. The Morgan fingerprint density at radius 3 is 2.00 bits per heavy atom. The molecule has 0 aliphatic heterocycles. The monoisotopic (exact) mass is 354 g/mol. The van der Waals surface area contributed by atoms with Crippen molar-refractivity contribution in [2.75, 3.05) is 13.2 Å². The summed E-state index contributed by atoms with van der Waals surface area (Å²) in [5.41, 5.74) is -0.975. The molecule has 0 N–H and O–H groups in total. The molecule has 21 heavy (non-hydrogen) atoms. The Kier molecular flexibility index (Phi) is 6.62. The highest BCUT2D eigenvalue weighted by Crippen LogP contribution is 2.33. The van der Waals surface area contributed by atoms with Crippen LogP contribution in [0.15, 0.2) is 41.4 Å². The first-order valence-corrected chi connectivity index (χ1v) is 7.53. The van der Waals surface area contributed by atoms with E-state index >= 15 is 0 Å². The molecule has 5 heteroatoms. The molecular formula is C16H19BrO4. The van der Waals surface area contributed by atoms with Gasteiger partial charge in [0.1, 0.15) is 0 Å². The number of hydrogen-bond donors (Lipinski definition) is 0. The number of benzene rings is 1. The van der Waals surface area contributed by atoms with Gasteiger partial charge >= 0.3 is 11.9 Å². The average molecular weight is 355 g/mol. The number of hydrogen-bond acceptors (Lipinski definition) is 4. The number of carbonyl (C=O) groups excluding carboxylic acids is 2. The second-order valence-electron chi connectivity index (χ2n) is 4.35. The highest BCUT2D eigenvalue weighted by atomic mass is 79.9. The van der Waals surface area contributed by atoms with Crippen LogP contribution in [0.4, 0.5) is 0 Å². The average Bonchev–Trinajstić information content (AvgIpc) is 2.46. The Bertz CT molecular complexity index is 490. The van der Waals surface area contributed by atoms with Crippen molar-refractivity contribution in [2.24, 2.45) is 0 Å². The summed E-state index contributed by atoms with van der Waals surface area (Å²) >= 11 is 3.33. The lowest BCUT2D eigenvalue weighted by Crippen LogP contribution is -2.46. The van der Waals surface area contributed by atoms with E-state index in [2.05, 4.69) is 22.5 Å². The molecule has 0 saturated heterocycles. The summed E-state index contributed by atoms with van der Waals surface area (Å²) in [6.07, 6.45) is 1.64. The van der Waals surface area contributed by atoms with E-state index in [1.807, 2.05) is 0 Å². The molecule has 114 valence electrons. The first-order chi connectivity index (χ1) is 10.0. The van der Waals surface area contributed by atoms with Crippen molar-refractivity contribution in [1.82, 2.24) is 0 Å². The van der Waals surface area contributed by atoms with E-state index < -0.39 is 17.4 Å². The van der Waals surface area contributed by atoms with Crippen LogP contribution in [0.3, 0.4) is 0 Å². The van der Waals surface area contributed by atoms with Gasteiger partial charge in [-0.3, -0.25) is 9.59 Å². The minimum Gasteiger partial charge on any atom is -0.465 e. The highest BCUT2D eigenvalue weighted by molar-refractivity contribution is 9.10. The van der Waals surface area contributed by atoms with E-state index in [1.54, 1.807) is 38.1 Å². The molecule has 1 aromatic carbocycles. The molecule has 1 aromatic rings. The SMILES string of the molecule is C=CCC(C(=O)OCC)(C(=O)OCC)c1ccc(Br)cc1. The van der Waals surface area contributed by atoms with Crippen molar-refractivity contribution < 1.29 is 19.1 Å². The lowest BCUT2D eigenvalue weighted by Gasteiger charge is -2.28. The van der Waals surface area contributed by atoms with Gasteiger partial charge in [-0.25, -0.2) is 0 Å². The fourth-order valence-electron chi connectivity index (χ4n) is 2.06. The number of esters is 2. The van der Waals surface area contributed by atoms with Crippen LogP contribution in [-0.2, 0) is 24.5 Å². The van der Waals surface area contributed by atoms with Crippen LogP contribution in [0.5, 0.6) is 0 Å². The van der Waals surface area contributed by atoms with Gasteiger partial charge in [0, 0.05) is 4.47 Å². The lowest BCUT2D eigenvalue weighted by atomic mass is 9.77. The van der Waals surface area contributed by atoms with Crippen LogP contribution < -0.4 is 0 Å². The smallest absolute Gasteiger partial charge is 0.328 e. The summed E-state index contributed by atoms with van der Waals surface area (Å²) in [4.78, 5) is 24.9. The third-order valence-corrected chi connectivity index (χ3v) is 3.56. The first-order valence-electron chi connectivity index (χ1n) is 6.74. The van der Waals surface area contributed by atoms with Crippen molar-refractivity contribution in [3.63, 3.8) is 0 Å². The lowest BCUT2D eigenvalue weighted by molar-refractivity contribution is -0.164. The van der Waals surface area contributed by atoms with E-state index in [0.717, 1.165) is 4.47 Å². The molecule has 0 heterocycles. The van der Waals surface area contributed by atoms with E-state index in [0.29, 0.717) is 5.56 Å². The number of allylic oxidation sites excluding steroid dienone is 1.